The van der Waals surface area contributed by atoms with Crippen LogP contribution in [0.15, 0.2) is 36.5 Å². The number of fused-ring (bicyclic) bond motifs is 1. The number of rotatable bonds is 4. The SMILES string of the molecule is c1ccc2c(NCCN3CCCOCC3)ccnc2c1. The second-order valence-corrected chi connectivity index (χ2v) is 5.11. The highest BCUT2D eigenvalue weighted by Crippen LogP contribution is 2.20. The topological polar surface area (TPSA) is 37.4 Å². The molecule has 4 heteroatoms. The zero-order chi connectivity index (χ0) is 13.6. The van der Waals surface area contributed by atoms with Gasteiger partial charge in [-0.2, -0.15) is 0 Å². The highest BCUT2D eigenvalue weighted by molar-refractivity contribution is 5.90. The van der Waals surface area contributed by atoms with Crippen molar-refractivity contribution in [2.45, 2.75) is 6.42 Å². The van der Waals surface area contributed by atoms with Gasteiger partial charge in [-0.05, 0) is 18.6 Å². The van der Waals surface area contributed by atoms with Gasteiger partial charge in [0.05, 0.1) is 12.1 Å². The van der Waals surface area contributed by atoms with E-state index in [1.807, 2.05) is 24.4 Å². The molecule has 1 saturated heterocycles. The Morgan fingerprint density at radius 1 is 1.15 bits per heavy atom. The fraction of sp³-hybridized carbons (Fsp3) is 0.438. The van der Waals surface area contributed by atoms with E-state index < -0.39 is 0 Å². The molecule has 20 heavy (non-hydrogen) atoms. The van der Waals surface area contributed by atoms with Crippen molar-refractivity contribution in [1.82, 2.24) is 9.88 Å². The monoisotopic (exact) mass is 271 g/mol. The minimum Gasteiger partial charge on any atom is -0.383 e. The molecule has 0 aliphatic carbocycles. The van der Waals surface area contributed by atoms with Gasteiger partial charge in [0.15, 0.2) is 0 Å². The molecule has 0 saturated carbocycles. The minimum absolute atomic E-state index is 0.859. The Morgan fingerprint density at radius 3 is 3.10 bits per heavy atom. The van der Waals surface area contributed by atoms with Gasteiger partial charge in [-0.3, -0.25) is 9.88 Å². The van der Waals surface area contributed by atoms with Gasteiger partial charge in [0.1, 0.15) is 0 Å². The lowest BCUT2D eigenvalue weighted by atomic mass is 10.2. The van der Waals surface area contributed by atoms with Crippen molar-refractivity contribution in [3.63, 3.8) is 0 Å². The van der Waals surface area contributed by atoms with Gasteiger partial charge >= 0.3 is 0 Å². The van der Waals surface area contributed by atoms with Crippen molar-refractivity contribution in [2.24, 2.45) is 0 Å². The molecule has 1 aliphatic heterocycles. The summed E-state index contributed by atoms with van der Waals surface area (Å²) in [4.78, 5) is 6.85. The fourth-order valence-electron chi connectivity index (χ4n) is 2.62. The predicted molar refractivity (Wildman–Crippen MR) is 82.1 cm³/mol. The molecule has 0 radical (unpaired) electrons. The van der Waals surface area contributed by atoms with E-state index in [2.05, 4.69) is 27.3 Å². The Morgan fingerprint density at radius 2 is 2.10 bits per heavy atom. The largest absolute Gasteiger partial charge is 0.383 e. The van der Waals surface area contributed by atoms with Gasteiger partial charge in [0.25, 0.3) is 0 Å². The first-order valence-electron chi connectivity index (χ1n) is 7.31. The summed E-state index contributed by atoms with van der Waals surface area (Å²) >= 11 is 0. The summed E-state index contributed by atoms with van der Waals surface area (Å²) < 4.78 is 5.48. The average Bonchev–Trinajstić information content (AvgIpc) is 2.76. The van der Waals surface area contributed by atoms with Crippen molar-refractivity contribution >= 4 is 16.6 Å². The maximum absolute atomic E-state index is 5.48. The molecule has 3 rings (SSSR count). The zero-order valence-electron chi connectivity index (χ0n) is 11.7. The van der Waals surface area contributed by atoms with Crippen molar-refractivity contribution in [3.8, 4) is 0 Å². The van der Waals surface area contributed by atoms with Gasteiger partial charge < -0.3 is 10.1 Å². The summed E-state index contributed by atoms with van der Waals surface area (Å²) in [5.74, 6) is 0. The Kier molecular flexibility index (Phi) is 4.46. The molecule has 1 aromatic carbocycles. The molecule has 0 amide bonds. The van der Waals surface area contributed by atoms with Gasteiger partial charge in [0, 0.05) is 50.1 Å². The number of benzene rings is 1. The van der Waals surface area contributed by atoms with E-state index in [1.165, 1.54) is 11.1 Å². The molecule has 1 fully saturated rings. The normalized spacial score (nSPS) is 17.0. The quantitative estimate of drug-likeness (QED) is 0.926. The van der Waals surface area contributed by atoms with Crippen LogP contribution in [0, 0.1) is 0 Å². The van der Waals surface area contributed by atoms with Crippen LogP contribution in [-0.2, 0) is 4.74 Å². The number of para-hydroxylation sites is 1. The third kappa shape index (κ3) is 3.26. The Balaban J connectivity index is 1.59. The number of ether oxygens (including phenoxy) is 1. The predicted octanol–water partition coefficient (Wildman–Crippen LogP) is 2.37. The lowest BCUT2D eigenvalue weighted by Crippen LogP contribution is -2.31. The van der Waals surface area contributed by atoms with E-state index in [9.17, 15) is 0 Å². The van der Waals surface area contributed by atoms with Crippen LogP contribution in [-0.4, -0.2) is 49.3 Å². The molecule has 0 bridgehead atoms. The van der Waals surface area contributed by atoms with E-state index in [4.69, 9.17) is 4.74 Å². The van der Waals surface area contributed by atoms with Crippen LogP contribution in [0.4, 0.5) is 5.69 Å². The Labute approximate surface area is 119 Å². The summed E-state index contributed by atoms with van der Waals surface area (Å²) in [7, 11) is 0. The van der Waals surface area contributed by atoms with Gasteiger partial charge in [-0.25, -0.2) is 0 Å². The van der Waals surface area contributed by atoms with Crippen LogP contribution >= 0.6 is 0 Å². The molecule has 1 N–H and O–H groups in total. The molecule has 0 unspecified atom stereocenters. The van der Waals surface area contributed by atoms with Crippen LogP contribution < -0.4 is 5.32 Å². The molecule has 1 aromatic heterocycles. The van der Waals surface area contributed by atoms with Crippen LogP contribution in [0.25, 0.3) is 10.9 Å². The molecule has 2 heterocycles. The number of anilines is 1. The lowest BCUT2D eigenvalue weighted by molar-refractivity contribution is 0.142. The first-order chi connectivity index (χ1) is 9.93. The second kappa shape index (κ2) is 6.68. The first-order valence-corrected chi connectivity index (χ1v) is 7.31. The van der Waals surface area contributed by atoms with Crippen LogP contribution in [0.3, 0.4) is 0 Å². The second-order valence-electron chi connectivity index (χ2n) is 5.11. The highest BCUT2D eigenvalue weighted by atomic mass is 16.5. The molecule has 0 atom stereocenters. The molecule has 1 aliphatic rings. The zero-order valence-corrected chi connectivity index (χ0v) is 11.7. The number of aromatic nitrogens is 1. The van der Waals surface area contributed by atoms with E-state index in [1.54, 1.807) is 0 Å². The average molecular weight is 271 g/mol. The van der Waals surface area contributed by atoms with E-state index in [0.29, 0.717) is 0 Å². The first kappa shape index (κ1) is 13.3. The van der Waals surface area contributed by atoms with Crippen LogP contribution in [0.1, 0.15) is 6.42 Å². The number of hydrogen-bond donors (Lipinski definition) is 1. The maximum atomic E-state index is 5.48. The standard InChI is InChI=1S/C16H21N3O/c1-2-5-15-14(4-1)16(6-7-17-15)18-8-10-19-9-3-12-20-13-11-19/h1-2,4-7H,3,8-13H2,(H,17,18). The molecule has 4 nitrogen and oxygen atoms in total. The van der Waals surface area contributed by atoms with Crippen molar-refractivity contribution in [1.29, 1.82) is 0 Å². The molecular formula is C16H21N3O. The van der Waals surface area contributed by atoms with Gasteiger partial charge in [-0.15, -0.1) is 0 Å². The molecule has 2 aromatic rings. The molecular weight excluding hydrogens is 250 g/mol. The fourth-order valence-corrected chi connectivity index (χ4v) is 2.62. The summed E-state index contributed by atoms with van der Waals surface area (Å²) in [6.07, 6.45) is 3.00. The van der Waals surface area contributed by atoms with E-state index in [0.717, 1.165) is 51.3 Å². The Bertz CT molecular complexity index is 545. The number of nitrogens with one attached hydrogen (secondary N) is 1. The maximum Gasteiger partial charge on any atom is 0.0722 e. The van der Waals surface area contributed by atoms with Crippen LogP contribution in [0.2, 0.25) is 0 Å². The number of hydrogen-bond acceptors (Lipinski definition) is 4. The minimum atomic E-state index is 0.859. The van der Waals surface area contributed by atoms with Crippen molar-refractivity contribution in [3.05, 3.63) is 36.5 Å². The number of nitrogens with zero attached hydrogens (tertiary/aromatic N) is 2. The lowest BCUT2D eigenvalue weighted by Gasteiger charge is -2.19. The van der Waals surface area contributed by atoms with Crippen LogP contribution in [0.5, 0.6) is 0 Å². The van der Waals surface area contributed by atoms with Crippen molar-refractivity contribution in [2.75, 3.05) is 44.7 Å². The smallest absolute Gasteiger partial charge is 0.0722 e. The van der Waals surface area contributed by atoms with Crippen molar-refractivity contribution < 1.29 is 4.74 Å². The van der Waals surface area contributed by atoms with Gasteiger partial charge in [-0.1, -0.05) is 18.2 Å². The Hall–Kier alpha value is -1.65. The van der Waals surface area contributed by atoms with E-state index >= 15 is 0 Å². The summed E-state index contributed by atoms with van der Waals surface area (Å²) in [6, 6.07) is 10.3. The van der Waals surface area contributed by atoms with E-state index in [-0.39, 0.29) is 0 Å². The third-order valence-corrected chi connectivity index (χ3v) is 3.71. The molecule has 0 spiro atoms. The summed E-state index contributed by atoms with van der Waals surface area (Å²) in [5, 5.41) is 4.72. The molecule has 106 valence electrons. The summed E-state index contributed by atoms with van der Waals surface area (Å²) in [5.41, 5.74) is 2.21. The number of pyridine rings is 1. The van der Waals surface area contributed by atoms with Gasteiger partial charge in [0.2, 0.25) is 0 Å². The highest BCUT2D eigenvalue weighted by Gasteiger charge is 2.08. The third-order valence-electron chi connectivity index (χ3n) is 3.71. The summed E-state index contributed by atoms with van der Waals surface area (Å²) in [6.45, 7) is 5.95.